The van der Waals surface area contributed by atoms with Crippen LogP contribution in [0.4, 0.5) is 0 Å². The summed E-state index contributed by atoms with van der Waals surface area (Å²) in [5.74, 6) is 0.0297. The Morgan fingerprint density at radius 1 is 1.40 bits per heavy atom. The maximum absolute atomic E-state index is 11.7. The van der Waals surface area contributed by atoms with E-state index >= 15 is 0 Å². The van der Waals surface area contributed by atoms with Crippen LogP contribution in [0.5, 0.6) is 0 Å². The van der Waals surface area contributed by atoms with Gasteiger partial charge in [-0.3, -0.25) is 4.79 Å². The topological polar surface area (TPSA) is 38.3 Å². The van der Waals surface area contributed by atoms with Crippen LogP contribution in [-0.2, 0) is 9.53 Å². The van der Waals surface area contributed by atoms with Gasteiger partial charge in [-0.2, -0.15) is 0 Å². The summed E-state index contributed by atoms with van der Waals surface area (Å²) >= 11 is 0. The average molecular weight is 273 g/mol. The number of rotatable bonds is 5. The molecule has 1 amide bonds. The van der Waals surface area contributed by atoms with Gasteiger partial charge in [-0.1, -0.05) is 30.4 Å². The standard InChI is InChI=1S/C17H23NO2/c1-13-8-9-15(12-14(13)2)6-3-4-10-18-17(19)16-7-5-11-20-16/h3,6,8-9,12,16H,4-5,7,10-11H2,1-2H3,(H,18,19)/b6-3+. The number of aryl methyl sites for hydroxylation is 2. The zero-order valence-corrected chi connectivity index (χ0v) is 12.3. The van der Waals surface area contributed by atoms with Gasteiger partial charge in [-0.25, -0.2) is 0 Å². The van der Waals surface area contributed by atoms with Crippen LogP contribution in [0.1, 0.15) is 36.0 Å². The van der Waals surface area contributed by atoms with Gasteiger partial charge in [0.25, 0.3) is 0 Å². The fraction of sp³-hybridized carbons (Fsp3) is 0.471. The first-order chi connectivity index (χ1) is 9.66. The zero-order chi connectivity index (χ0) is 14.4. The van der Waals surface area contributed by atoms with Gasteiger partial charge in [-0.15, -0.1) is 0 Å². The molecule has 1 atom stereocenters. The van der Waals surface area contributed by atoms with Crippen molar-refractivity contribution in [3.05, 3.63) is 41.0 Å². The van der Waals surface area contributed by atoms with Gasteiger partial charge >= 0.3 is 0 Å². The molecule has 1 saturated heterocycles. The van der Waals surface area contributed by atoms with Gasteiger partial charge in [0.2, 0.25) is 5.91 Å². The minimum atomic E-state index is -0.223. The number of hydrogen-bond acceptors (Lipinski definition) is 2. The molecular formula is C17H23NO2. The fourth-order valence-electron chi connectivity index (χ4n) is 2.26. The second-order valence-electron chi connectivity index (χ2n) is 5.33. The van der Waals surface area contributed by atoms with Gasteiger partial charge in [0, 0.05) is 13.2 Å². The molecule has 0 aromatic heterocycles. The van der Waals surface area contributed by atoms with Crippen LogP contribution in [-0.4, -0.2) is 25.2 Å². The molecule has 20 heavy (non-hydrogen) atoms. The van der Waals surface area contributed by atoms with E-state index in [9.17, 15) is 4.79 Å². The zero-order valence-electron chi connectivity index (χ0n) is 12.3. The molecule has 0 saturated carbocycles. The predicted octanol–water partition coefficient (Wildman–Crippen LogP) is 3.00. The van der Waals surface area contributed by atoms with Crippen molar-refractivity contribution >= 4 is 12.0 Å². The van der Waals surface area contributed by atoms with E-state index in [2.05, 4.69) is 49.5 Å². The first-order valence-electron chi connectivity index (χ1n) is 7.30. The van der Waals surface area contributed by atoms with Crippen molar-refractivity contribution in [1.82, 2.24) is 5.32 Å². The monoisotopic (exact) mass is 273 g/mol. The summed E-state index contributed by atoms with van der Waals surface area (Å²) in [5, 5.41) is 2.92. The van der Waals surface area contributed by atoms with Crippen molar-refractivity contribution in [2.45, 2.75) is 39.2 Å². The van der Waals surface area contributed by atoms with Crippen molar-refractivity contribution < 1.29 is 9.53 Å². The lowest BCUT2D eigenvalue weighted by Gasteiger charge is -2.09. The Morgan fingerprint density at radius 2 is 2.25 bits per heavy atom. The molecule has 0 spiro atoms. The highest BCUT2D eigenvalue weighted by atomic mass is 16.5. The van der Waals surface area contributed by atoms with Gasteiger partial charge in [0.05, 0.1) is 0 Å². The minimum absolute atomic E-state index is 0.0297. The number of hydrogen-bond donors (Lipinski definition) is 1. The fourth-order valence-corrected chi connectivity index (χ4v) is 2.26. The normalized spacial score (nSPS) is 18.6. The minimum Gasteiger partial charge on any atom is -0.368 e. The van der Waals surface area contributed by atoms with E-state index in [1.807, 2.05) is 0 Å². The van der Waals surface area contributed by atoms with E-state index in [0.29, 0.717) is 13.2 Å². The third kappa shape index (κ3) is 4.20. The van der Waals surface area contributed by atoms with Crippen LogP contribution >= 0.6 is 0 Å². The lowest BCUT2D eigenvalue weighted by Crippen LogP contribution is -2.34. The Balaban J connectivity index is 1.71. The van der Waals surface area contributed by atoms with Crippen LogP contribution in [0.2, 0.25) is 0 Å². The van der Waals surface area contributed by atoms with Crippen LogP contribution in [0, 0.1) is 13.8 Å². The maximum Gasteiger partial charge on any atom is 0.249 e. The van der Waals surface area contributed by atoms with E-state index in [-0.39, 0.29) is 12.0 Å². The molecular weight excluding hydrogens is 250 g/mol. The summed E-state index contributed by atoms with van der Waals surface area (Å²) in [6.07, 6.45) is 6.66. The molecule has 108 valence electrons. The molecule has 3 nitrogen and oxygen atoms in total. The molecule has 3 heteroatoms. The number of nitrogens with one attached hydrogen (secondary N) is 1. The molecule has 0 radical (unpaired) electrons. The first-order valence-corrected chi connectivity index (χ1v) is 7.30. The highest BCUT2D eigenvalue weighted by molar-refractivity contribution is 5.80. The third-order valence-corrected chi connectivity index (χ3v) is 3.67. The summed E-state index contributed by atoms with van der Waals surface area (Å²) in [6, 6.07) is 6.43. The molecule has 0 bridgehead atoms. The van der Waals surface area contributed by atoms with Gasteiger partial charge in [0.1, 0.15) is 6.10 Å². The van der Waals surface area contributed by atoms with E-state index in [4.69, 9.17) is 4.74 Å². The highest BCUT2D eigenvalue weighted by Gasteiger charge is 2.22. The van der Waals surface area contributed by atoms with E-state index in [1.54, 1.807) is 0 Å². The van der Waals surface area contributed by atoms with Crippen molar-refractivity contribution in [1.29, 1.82) is 0 Å². The van der Waals surface area contributed by atoms with Gasteiger partial charge in [0.15, 0.2) is 0 Å². The van der Waals surface area contributed by atoms with Gasteiger partial charge < -0.3 is 10.1 Å². The Morgan fingerprint density at radius 3 is 2.95 bits per heavy atom. The third-order valence-electron chi connectivity index (χ3n) is 3.67. The molecule has 0 aliphatic carbocycles. The van der Waals surface area contributed by atoms with Crippen molar-refractivity contribution in [3.8, 4) is 0 Å². The Labute approximate surface area is 121 Å². The predicted molar refractivity (Wildman–Crippen MR) is 81.6 cm³/mol. The summed E-state index contributed by atoms with van der Waals surface area (Å²) in [5.41, 5.74) is 3.82. The highest BCUT2D eigenvalue weighted by Crippen LogP contribution is 2.12. The number of amides is 1. The first kappa shape index (κ1) is 14.8. The summed E-state index contributed by atoms with van der Waals surface area (Å²) in [7, 11) is 0. The van der Waals surface area contributed by atoms with Crippen LogP contribution < -0.4 is 5.32 Å². The molecule has 1 unspecified atom stereocenters. The Kier molecular flexibility index (Phi) is 5.36. The summed E-state index contributed by atoms with van der Waals surface area (Å²) < 4.78 is 5.34. The van der Waals surface area contributed by atoms with Crippen LogP contribution in [0.25, 0.3) is 6.08 Å². The summed E-state index contributed by atoms with van der Waals surface area (Å²) in [4.78, 5) is 11.7. The quantitative estimate of drug-likeness (QED) is 0.838. The van der Waals surface area contributed by atoms with E-state index in [0.717, 1.165) is 19.3 Å². The van der Waals surface area contributed by atoms with Gasteiger partial charge in [-0.05, 0) is 49.8 Å². The molecule has 1 N–H and O–H groups in total. The van der Waals surface area contributed by atoms with Crippen LogP contribution in [0.3, 0.4) is 0 Å². The summed E-state index contributed by atoms with van der Waals surface area (Å²) in [6.45, 7) is 5.61. The molecule has 2 rings (SSSR count). The van der Waals surface area contributed by atoms with Crippen molar-refractivity contribution in [2.75, 3.05) is 13.2 Å². The molecule has 1 fully saturated rings. The van der Waals surface area contributed by atoms with Crippen LogP contribution in [0.15, 0.2) is 24.3 Å². The Bertz CT molecular complexity index is 488. The lowest BCUT2D eigenvalue weighted by atomic mass is 10.1. The SMILES string of the molecule is Cc1ccc(/C=C/CCNC(=O)C2CCCO2)cc1C. The number of carbonyl (C=O) groups excluding carboxylic acids is 1. The largest absolute Gasteiger partial charge is 0.368 e. The van der Waals surface area contributed by atoms with Crippen molar-refractivity contribution in [3.63, 3.8) is 0 Å². The molecule has 1 aliphatic rings. The number of benzene rings is 1. The van der Waals surface area contributed by atoms with E-state index in [1.165, 1.54) is 16.7 Å². The molecule has 1 aromatic carbocycles. The number of ether oxygens (including phenoxy) is 1. The lowest BCUT2D eigenvalue weighted by molar-refractivity contribution is -0.129. The second-order valence-corrected chi connectivity index (χ2v) is 5.33. The second kappa shape index (κ2) is 7.25. The average Bonchev–Trinajstić information content (AvgIpc) is 2.96. The Hall–Kier alpha value is -1.61. The molecule has 1 aromatic rings. The number of carbonyl (C=O) groups is 1. The van der Waals surface area contributed by atoms with Crippen molar-refractivity contribution in [2.24, 2.45) is 0 Å². The van der Waals surface area contributed by atoms with E-state index < -0.39 is 0 Å². The maximum atomic E-state index is 11.7. The molecule has 1 heterocycles. The smallest absolute Gasteiger partial charge is 0.249 e. The molecule has 1 aliphatic heterocycles.